The fraction of sp³-hybridized carbons (Fsp3) is 0.261. The van der Waals surface area contributed by atoms with Crippen molar-refractivity contribution in [3.8, 4) is 17.2 Å². The van der Waals surface area contributed by atoms with Gasteiger partial charge in [0.05, 0.1) is 6.10 Å². The predicted molar refractivity (Wildman–Crippen MR) is 107 cm³/mol. The highest BCUT2D eigenvalue weighted by Crippen LogP contribution is 2.32. The van der Waals surface area contributed by atoms with E-state index < -0.39 is 6.10 Å². The second-order valence-corrected chi connectivity index (χ2v) is 7.20. The number of pyridine rings is 1. The Balaban J connectivity index is 1.38. The maximum absolute atomic E-state index is 12.9. The lowest BCUT2D eigenvalue weighted by Gasteiger charge is -2.12. The van der Waals surface area contributed by atoms with Gasteiger partial charge in [-0.05, 0) is 66.8 Å². The third-order valence-corrected chi connectivity index (χ3v) is 4.91. The Morgan fingerprint density at radius 3 is 2.38 bits per heavy atom. The number of rotatable bonds is 8. The van der Waals surface area contributed by atoms with E-state index in [1.165, 1.54) is 22.8 Å². The topological polar surface area (TPSA) is 60.7 Å². The summed E-state index contributed by atoms with van der Waals surface area (Å²) in [6, 6.07) is 16.3. The molecule has 0 saturated heterocycles. The number of halogens is 1. The minimum Gasteiger partial charge on any atom is -0.491 e. The standard InChI is InChI=1S/C23H22FNO4/c24-18-5-1-16(2-6-18)14-28-21-11-12-25(23(27)13-21)19-7-9-20(10-8-19)29-15-22(26)17-3-4-17/h1-2,5-13,17,22,26H,3-4,14-15H2/t22-/m1/s1. The SMILES string of the molecule is O=c1cc(OCc2ccc(F)cc2)ccn1-c1ccc(OC[C@@H](O)C2CC2)cc1. The van der Waals surface area contributed by atoms with Crippen molar-refractivity contribution in [3.05, 3.63) is 88.6 Å². The molecule has 1 atom stereocenters. The fourth-order valence-corrected chi connectivity index (χ4v) is 3.01. The van der Waals surface area contributed by atoms with Crippen LogP contribution in [0.5, 0.6) is 11.5 Å². The van der Waals surface area contributed by atoms with Crippen molar-refractivity contribution in [3.63, 3.8) is 0 Å². The summed E-state index contributed by atoms with van der Waals surface area (Å²) in [5.41, 5.74) is 1.30. The van der Waals surface area contributed by atoms with Gasteiger partial charge in [-0.3, -0.25) is 9.36 Å². The van der Waals surface area contributed by atoms with E-state index in [2.05, 4.69) is 0 Å². The first-order chi connectivity index (χ1) is 14.1. The number of benzene rings is 2. The highest BCUT2D eigenvalue weighted by molar-refractivity contribution is 5.38. The van der Waals surface area contributed by atoms with Crippen LogP contribution in [0.2, 0.25) is 0 Å². The molecule has 1 aliphatic rings. The Hall–Kier alpha value is -3.12. The Bertz CT molecular complexity index is 1010. The molecule has 1 aromatic heterocycles. The Morgan fingerprint density at radius 2 is 1.72 bits per heavy atom. The minimum absolute atomic E-state index is 0.223. The van der Waals surface area contributed by atoms with Crippen molar-refractivity contribution < 1.29 is 19.0 Å². The number of aromatic nitrogens is 1. The van der Waals surface area contributed by atoms with E-state index in [0.29, 0.717) is 23.1 Å². The summed E-state index contributed by atoms with van der Waals surface area (Å²) in [7, 11) is 0. The molecule has 0 aliphatic heterocycles. The fourth-order valence-electron chi connectivity index (χ4n) is 3.01. The highest BCUT2D eigenvalue weighted by atomic mass is 19.1. The lowest BCUT2D eigenvalue weighted by atomic mass is 10.2. The Labute approximate surface area is 168 Å². The Kier molecular flexibility index (Phi) is 5.62. The second kappa shape index (κ2) is 8.49. The lowest BCUT2D eigenvalue weighted by molar-refractivity contribution is 0.0894. The summed E-state index contributed by atoms with van der Waals surface area (Å²) in [6.07, 6.45) is 3.36. The molecule has 0 bridgehead atoms. The lowest BCUT2D eigenvalue weighted by Crippen LogP contribution is -2.19. The molecule has 4 rings (SSSR count). The van der Waals surface area contributed by atoms with Gasteiger partial charge in [0.15, 0.2) is 0 Å². The summed E-state index contributed by atoms with van der Waals surface area (Å²) in [5, 5.41) is 9.87. The van der Waals surface area contributed by atoms with Crippen LogP contribution in [0.4, 0.5) is 4.39 Å². The van der Waals surface area contributed by atoms with Gasteiger partial charge in [-0.25, -0.2) is 4.39 Å². The van der Waals surface area contributed by atoms with E-state index in [1.807, 2.05) is 0 Å². The van der Waals surface area contributed by atoms with Crippen LogP contribution in [0, 0.1) is 11.7 Å². The van der Waals surface area contributed by atoms with Crippen molar-refractivity contribution in [2.45, 2.75) is 25.6 Å². The van der Waals surface area contributed by atoms with Gasteiger partial charge in [0.1, 0.15) is 30.5 Å². The van der Waals surface area contributed by atoms with Gasteiger partial charge in [0, 0.05) is 18.0 Å². The van der Waals surface area contributed by atoms with Gasteiger partial charge in [0.2, 0.25) is 0 Å². The average Bonchev–Trinajstić information content (AvgIpc) is 3.58. The minimum atomic E-state index is -0.417. The molecule has 6 heteroatoms. The molecule has 5 nitrogen and oxygen atoms in total. The van der Waals surface area contributed by atoms with Crippen molar-refractivity contribution in [2.24, 2.45) is 5.92 Å². The molecule has 1 N–H and O–H groups in total. The highest BCUT2D eigenvalue weighted by Gasteiger charge is 2.29. The van der Waals surface area contributed by atoms with E-state index in [-0.39, 0.29) is 24.6 Å². The summed E-state index contributed by atoms with van der Waals surface area (Å²) in [5.74, 6) is 1.17. The van der Waals surface area contributed by atoms with E-state index in [0.717, 1.165) is 18.4 Å². The van der Waals surface area contributed by atoms with Crippen molar-refractivity contribution in [1.82, 2.24) is 4.57 Å². The van der Waals surface area contributed by atoms with Gasteiger partial charge in [-0.15, -0.1) is 0 Å². The van der Waals surface area contributed by atoms with Crippen molar-refractivity contribution in [1.29, 1.82) is 0 Å². The third kappa shape index (κ3) is 5.03. The van der Waals surface area contributed by atoms with E-state index in [1.54, 1.807) is 48.7 Å². The van der Waals surface area contributed by atoms with Crippen molar-refractivity contribution in [2.75, 3.05) is 6.61 Å². The predicted octanol–water partition coefficient (Wildman–Crippen LogP) is 3.71. The quantitative estimate of drug-likeness (QED) is 0.632. The Morgan fingerprint density at radius 1 is 1.00 bits per heavy atom. The van der Waals surface area contributed by atoms with Crippen LogP contribution in [-0.4, -0.2) is 22.4 Å². The molecule has 29 heavy (non-hydrogen) atoms. The van der Waals surface area contributed by atoms with Crippen molar-refractivity contribution >= 4 is 0 Å². The van der Waals surface area contributed by atoms with Gasteiger partial charge in [-0.2, -0.15) is 0 Å². The van der Waals surface area contributed by atoms with Crippen LogP contribution in [0.25, 0.3) is 5.69 Å². The molecule has 1 saturated carbocycles. The first kappa shape index (κ1) is 19.2. The maximum atomic E-state index is 12.9. The van der Waals surface area contributed by atoms with E-state index >= 15 is 0 Å². The van der Waals surface area contributed by atoms with Gasteiger partial charge >= 0.3 is 0 Å². The monoisotopic (exact) mass is 395 g/mol. The molecule has 0 amide bonds. The normalized spacial score (nSPS) is 14.4. The van der Waals surface area contributed by atoms with Crippen LogP contribution in [0.3, 0.4) is 0 Å². The maximum Gasteiger partial charge on any atom is 0.258 e. The number of aliphatic hydroxyl groups excluding tert-OH is 1. The van der Waals surface area contributed by atoms with Crippen LogP contribution in [0.15, 0.2) is 71.7 Å². The molecule has 1 fully saturated rings. The molecule has 2 aromatic carbocycles. The molecule has 0 radical (unpaired) electrons. The molecule has 1 aliphatic carbocycles. The first-order valence-corrected chi connectivity index (χ1v) is 9.60. The number of ether oxygens (including phenoxy) is 2. The summed E-state index contributed by atoms with van der Waals surface area (Å²) < 4.78 is 25.7. The summed E-state index contributed by atoms with van der Waals surface area (Å²) >= 11 is 0. The largest absolute Gasteiger partial charge is 0.491 e. The van der Waals surface area contributed by atoms with Gasteiger partial charge in [-0.1, -0.05) is 12.1 Å². The summed E-state index contributed by atoms with van der Waals surface area (Å²) in [4.78, 5) is 12.4. The van der Waals surface area contributed by atoms with Crippen LogP contribution in [-0.2, 0) is 6.61 Å². The molecule has 1 heterocycles. The van der Waals surface area contributed by atoms with Gasteiger partial charge < -0.3 is 14.6 Å². The molecule has 3 aromatic rings. The number of aliphatic hydroxyl groups is 1. The van der Waals surface area contributed by atoms with Crippen LogP contribution in [0.1, 0.15) is 18.4 Å². The zero-order chi connectivity index (χ0) is 20.2. The zero-order valence-corrected chi connectivity index (χ0v) is 15.8. The molecular formula is C23H22FNO4. The van der Waals surface area contributed by atoms with E-state index in [4.69, 9.17) is 9.47 Å². The van der Waals surface area contributed by atoms with Crippen LogP contribution >= 0.6 is 0 Å². The first-order valence-electron chi connectivity index (χ1n) is 9.60. The number of nitrogens with zero attached hydrogens (tertiary/aromatic N) is 1. The van der Waals surface area contributed by atoms with Crippen LogP contribution < -0.4 is 15.0 Å². The molecule has 0 unspecified atom stereocenters. The third-order valence-electron chi connectivity index (χ3n) is 4.91. The molecular weight excluding hydrogens is 373 g/mol. The number of hydrogen-bond donors (Lipinski definition) is 1. The van der Waals surface area contributed by atoms with E-state index in [9.17, 15) is 14.3 Å². The average molecular weight is 395 g/mol. The van der Waals surface area contributed by atoms with Gasteiger partial charge in [0.25, 0.3) is 5.56 Å². The molecule has 0 spiro atoms. The second-order valence-electron chi connectivity index (χ2n) is 7.20. The number of hydrogen-bond acceptors (Lipinski definition) is 4. The molecule has 150 valence electrons. The summed E-state index contributed by atoms with van der Waals surface area (Å²) in [6.45, 7) is 0.534. The smallest absolute Gasteiger partial charge is 0.258 e. The zero-order valence-electron chi connectivity index (χ0n) is 15.8.